The van der Waals surface area contributed by atoms with Crippen LogP contribution in [0.4, 0.5) is 5.69 Å². The highest BCUT2D eigenvalue weighted by Gasteiger charge is 2.24. The van der Waals surface area contributed by atoms with Gasteiger partial charge < -0.3 is 5.32 Å². The molecule has 3 aromatic rings. The zero-order valence-electron chi connectivity index (χ0n) is 17.7. The van der Waals surface area contributed by atoms with Crippen molar-refractivity contribution in [3.63, 3.8) is 0 Å². The van der Waals surface area contributed by atoms with E-state index in [4.69, 9.17) is 0 Å². The number of hydrogen-bond donors (Lipinski definition) is 1. The van der Waals surface area contributed by atoms with E-state index in [9.17, 15) is 13.2 Å². The van der Waals surface area contributed by atoms with E-state index in [0.29, 0.717) is 5.69 Å². The maximum absolute atomic E-state index is 13.0. The number of amides is 1. The molecule has 3 rings (SSSR count). The van der Waals surface area contributed by atoms with Gasteiger partial charge in [0.1, 0.15) is 6.54 Å². The first-order valence-electron chi connectivity index (χ1n) is 9.80. The van der Waals surface area contributed by atoms with Gasteiger partial charge in [-0.3, -0.25) is 9.10 Å². The van der Waals surface area contributed by atoms with Crippen LogP contribution < -0.4 is 9.62 Å². The molecule has 0 bridgehead atoms. The van der Waals surface area contributed by atoms with Gasteiger partial charge in [0.05, 0.1) is 18.0 Å². The molecule has 0 aliphatic carbocycles. The molecule has 3 aromatic carbocycles. The van der Waals surface area contributed by atoms with E-state index in [2.05, 4.69) is 21.2 Å². The first kappa shape index (κ1) is 23.0. The third-order valence-corrected chi connectivity index (χ3v) is 7.00. The van der Waals surface area contributed by atoms with Crippen LogP contribution in [-0.2, 0) is 14.8 Å². The van der Waals surface area contributed by atoms with Gasteiger partial charge in [-0.2, -0.15) is 0 Å². The maximum Gasteiger partial charge on any atom is 0.241 e. The van der Waals surface area contributed by atoms with Crippen molar-refractivity contribution in [1.82, 2.24) is 5.32 Å². The van der Waals surface area contributed by atoms with E-state index >= 15 is 0 Å². The number of anilines is 1. The second-order valence-corrected chi connectivity index (χ2v) is 10.3. The normalized spacial score (nSPS) is 12.3. The molecular formula is C24H25BrN2O3S. The Bertz CT molecular complexity index is 1160. The Labute approximate surface area is 192 Å². The minimum absolute atomic E-state index is 0.310. The van der Waals surface area contributed by atoms with Crippen LogP contribution in [0.5, 0.6) is 0 Å². The number of rotatable bonds is 7. The molecule has 1 amide bonds. The largest absolute Gasteiger partial charge is 0.344 e. The molecule has 1 atom stereocenters. The summed E-state index contributed by atoms with van der Waals surface area (Å²) in [5.41, 5.74) is 4.30. The summed E-state index contributed by atoms with van der Waals surface area (Å²) in [5, 5.41) is 3.01. The average Bonchev–Trinajstić information content (AvgIpc) is 2.73. The summed E-state index contributed by atoms with van der Waals surface area (Å²) in [7, 11) is -3.66. The van der Waals surface area contributed by atoms with Crippen LogP contribution in [0, 0.1) is 13.8 Å². The Morgan fingerprint density at radius 2 is 1.58 bits per heavy atom. The number of nitrogens with one attached hydrogen (secondary N) is 1. The van der Waals surface area contributed by atoms with Gasteiger partial charge in [0.15, 0.2) is 0 Å². The number of nitrogens with zero attached hydrogens (tertiary/aromatic N) is 1. The van der Waals surface area contributed by atoms with Crippen LogP contribution in [0.25, 0.3) is 0 Å². The van der Waals surface area contributed by atoms with Crippen LogP contribution >= 0.6 is 15.9 Å². The first-order chi connectivity index (χ1) is 14.6. The van der Waals surface area contributed by atoms with E-state index in [1.807, 2.05) is 68.4 Å². The molecule has 0 aromatic heterocycles. The number of aryl methyl sites for hydroxylation is 2. The summed E-state index contributed by atoms with van der Waals surface area (Å²) in [5.74, 6) is -0.388. The maximum atomic E-state index is 13.0. The minimum Gasteiger partial charge on any atom is -0.344 e. The molecule has 0 fully saturated rings. The van der Waals surface area contributed by atoms with Crippen molar-refractivity contribution in [1.29, 1.82) is 0 Å². The lowest BCUT2D eigenvalue weighted by Gasteiger charge is -2.25. The summed E-state index contributed by atoms with van der Waals surface area (Å²) in [6, 6.07) is 22.4. The molecule has 0 aliphatic rings. The quantitative estimate of drug-likeness (QED) is 0.509. The van der Waals surface area contributed by atoms with E-state index in [1.54, 1.807) is 18.2 Å². The second-order valence-electron chi connectivity index (χ2n) is 7.53. The molecular weight excluding hydrogens is 476 g/mol. The number of halogens is 1. The number of hydrogen-bond acceptors (Lipinski definition) is 3. The molecule has 1 unspecified atom stereocenters. The molecule has 7 heteroatoms. The SMILES string of the molecule is Cc1ccc(C(NC(=O)CN(c2ccc(Br)c(C)c2)S(C)(=O)=O)c2ccccc2)cc1. The predicted molar refractivity (Wildman–Crippen MR) is 129 cm³/mol. The topological polar surface area (TPSA) is 66.5 Å². The highest BCUT2D eigenvalue weighted by molar-refractivity contribution is 9.10. The van der Waals surface area contributed by atoms with Gasteiger partial charge in [-0.05, 0) is 48.7 Å². The van der Waals surface area contributed by atoms with Gasteiger partial charge in [-0.1, -0.05) is 76.1 Å². The van der Waals surface area contributed by atoms with Crippen LogP contribution in [-0.4, -0.2) is 27.1 Å². The van der Waals surface area contributed by atoms with Crippen LogP contribution in [0.15, 0.2) is 77.3 Å². The number of sulfonamides is 1. The number of benzene rings is 3. The third kappa shape index (κ3) is 5.95. The van der Waals surface area contributed by atoms with Gasteiger partial charge in [-0.25, -0.2) is 8.42 Å². The molecule has 162 valence electrons. The molecule has 0 spiro atoms. The highest BCUT2D eigenvalue weighted by atomic mass is 79.9. The van der Waals surface area contributed by atoms with Crippen molar-refractivity contribution >= 4 is 37.5 Å². The molecule has 31 heavy (non-hydrogen) atoms. The van der Waals surface area contributed by atoms with E-state index in [1.165, 1.54) is 0 Å². The third-order valence-electron chi connectivity index (χ3n) is 4.97. The molecule has 0 saturated carbocycles. The van der Waals surface area contributed by atoms with Crippen molar-refractivity contribution < 1.29 is 13.2 Å². The number of carbonyl (C=O) groups excluding carboxylic acids is 1. The molecule has 0 radical (unpaired) electrons. The Balaban J connectivity index is 1.89. The van der Waals surface area contributed by atoms with Gasteiger partial charge in [0.25, 0.3) is 0 Å². The lowest BCUT2D eigenvalue weighted by atomic mass is 9.98. The monoisotopic (exact) mass is 500 g/mol. The minimum atomic E-state index is -3.66. The Kier molecular flexibility index (Phi) is 7.18. The van der Waals surface area contributed by atoms with Crippen molar-refractivity contribution in [2.75, 3.05) is 17.1 Å². The van der Waals surface area contributed by atoms with E-state index in [0.717, 1.165) is 37.3 Å². The molecule has 5 nitrogen and oxygen atoms in total. The fourth-order valence-electron chi connectivity index (χ4n) is 3.28. The Hall–Kier alpha value is -2.64. The van der Waals surface area contributed by atoms with Crippen molar-refractivity contribution in [2.24, 2.45) is 0 Å². The van der Waals surface area contributed by atoms with Crippen molar-refractivity contribution in [3.8, 4) is 0 Å². The fourth-order valence-corrected chi connectivity index (χ4v) is 4.38. The van der Waals surface area contributed by atoms with Crippen molar-refractivity contribution in [3.05, 3.63) is 99.5 Å². The summed E-state index contributed by atoms with van der Waals surface area (Å²) in [4.78, 5) is 13.0. The van der Waals surface area contributed by atoms with Gasteiger partial charge in [-0.15, -0.1) is 0 Å². The standard InChI is InChI=1S/C24H25BrN2O3S/c1-17-9-11-20(12-10-17)24(19-7-5-4-6-8-19)26-23(28)16-27(31(3,29)30)21-13-14-22(25)18(2)15-21/h4-15,24H,16H2,1-3H3,(H,26,28). The summed E-state index contributed by atoms with van der Waals surface area (Å²) >= 11 is 3.42. The van der Waals surface area contributed by atoms with Crippen LogP contribution in [0.3, 0.4) is 0 Å². The first-order valence-corrected chi connectivity index (χ1v) is 12.4. The lowest BCUT2D eigenvalue weighted by Crippen LogP contribution is -2.41. The Morgan fingerprint density at radius 1 is 0.968 bits per heavy atom. The average molecular weight is 501 g/mol. The zero-order chi connectivity index (χ0) is 22.6. The molecule has 0 heterocycles. The number of carbonyl (C=O) groups is 1. The van der Waals surface area contributed by atoms with Crippen LogP contribution in [0.1, 0.15) is 28.3 Å². The van der Waals surface area contributed by atoms with Gasteiger partial charge in [0.2, 0.25) is 15.9 Å². The van der Waals surface area contributed by atoms with Crippen molar-refractivity contribution in [2.45, 2.75) is 19.9 Å². The summed E-state index contributed by atoms with van der Waals surface area (Å²) in [6.07, 6.45) is 1.10. The highest BCUT2D eigenvalue weighted by Crippen LogP contribution is 2.26. The Morgan fingerprint density at radius 3 is 2.16 bits per heavy atom. The molecule has 0 saturated heterocycles. The molecule has 0 aliphatic heterocycles. The summed E-state index contributed by atoms with van der Waals surface area (Å²) in [6.45, 7) is 3.57. The van der Waals surface area contributed by atoms with Gasteiger partial charge >= 0.3 is 0 Å². The predicted octanol–water partition coefficient (Wildman–Crippen LogP) is 4.74. The fraction of sp³-hybridized carbons (Fsp3) is 0.208. The van der Waals surface area contributed by atoms with E-state index < -0.39 is 10.0 Å². The zero-order valence-corrected chi connectivity index (χ0v) is 20.1. The summed E-state index contributed by atoms with van der Waals surface area (Å²) < 4.78 is 26.9. The second kappa shape index (κ2) is 9.66. The van der Waals surface area contributed by atoms with Gasteiger partial charge in [0, 0.05) is 4.47 Å². The van der Waals surface area contributed by atoms with E-state index in [-0.39, 0.29) is 18.5 Å². The molecule has 1 N–H and O–H groups in total. The lowest BCUT2D eigenvalue weighted by molar-refractivity contribution is -0.120. The van der Waals surface area contributed by atoms with Crippen LogP contribution in [0.2, 0.25) is 0 Å². The smallest absolute Gasteiger partial charge is 0.241 e.